The van der Waals surface area contributed by atoms with E-state index in [1.54, 1.807) is 6.92 Å². The first-order valence-electron chi connectivity index (χ1n) is 7.09. The zero-order valence-electron chi connectivity index (χ0n) is 12.3. The van der Waals surface area contributed by atoms with Crippen molar-refractivity contribution < 1.29 is 4.79 Å². The maximum atomic E-state index is 11.5. The molecule has 0 aromatic heterocycles. The lowest BCUT2D eigenvalue weighted by Gasteiger charge is -2.08. The fourth-order valence-electron chi connectivity index (χ4n) is 2.72. The summed E-state index contributed by atoms with van der Waals surface area (Å²) < 4.78 is 0. The van der Waals surface area contributed by atoms with Gasteiger partial charge in [0.15, 0.2) is 5.78 Å². The highest BCUT2D eigenvalue weighted by Crippen LogP contribution is 2.45. The van der Waals surface area contributed by atoms with Crippen molar-refractivity contribution in [1.82, 2.24) is 0 Å². The van der Waals surface area contributed by atoms with Crippen LogP contribution in [0.25, 0.3) is 11.1 Å². The van der Waals surface area contributed by atoms with E-state index in [0.717, 1.165) is 5.56 Å². The van der Waals surface area contributed by atoms with Gasteiger partial charge in [-0.2, -0.15) is 0 Å². The Kier molecular flexibility index (Phi) is 4.19. The van der Waals surface area contributed by atoms with Gasteiger partial charge in [0.05, 0.1) is 0 Å². The Morgan fingerprint density at radius 3 is 2.35 bits per heavy atom. The van der Waals surface area contributed by atoms with E-state index in [-0.39, 0.29) is 11.7 Å². The molecule has 1 heteroatoms. The van der Waals surface area contributed by atoms with Crippen molar-refractivity contribution in [2.45, 2.75) is 26.7 Å². The second kappa shape index (κ2) is 5.87. The van der Waals surface area contributed by atoms with E-state index < -0.39 is 0 Å². The molecule has 0 radical (unpaired) electrons. The molecule has 102 valence electrons. The highest BCUT2D eigenvalue weighted by Gasteiger charge is 2.26. The minimum absolute atomic E-state index is 0.108. The van der Waals surface area contributed by atoms with Gasteiger partial charge in [-0.15, -0.1) is 6.58 Å². The summed E-state index contributed by atoms with van der Waals surface area (Å²) in [5.41, 5.74) is 5.73. The lowest BCUT2D eigenvalue weighted by Crippen LogP contribution is -1.96. The van der Waals surface area contributed by atoms with E-state index in [0.29, 0.717) is 0 Å². The van der Waals surface area contributed by atoms with Gasteiger partial charge in [0.25, 0.3) is 0 Å². The Morgan fingerprint density at radius 2 is 1.70 bits per heavy atom. The molecule has 2 aromatic carbocycles. The predicted molar refractivity (Wildman–Crippen MR) is 85.3 cm³/mol. The molecule has 0 heterocycles. The molecule has 1 unspecified atom stereocenters. The number of fused-ring (bicyclic) bond motifs is 3. The standard InChI is InChI=1S/C17H14O.C2H6/c1-3-13-14-6-4-5-7-15(14)16-9-8-12(11(2)18)10-17(13)16;1-2/h3-10,13H,1H2,2H3;1-2H3. The van der Waals surface area contributed by atoms with E-state index >= 15 is 0 Å². The molecule has 0 saturated carbocycles. The SMILES string of the molecule is C=CC1c2ccccc2-c2ccc(C(C)=O)cc21.CC. The minimum atomic E-state index is 0.108. The van der Waals surface area contributed by atoms with Gasteiger partial charge in [0.2, 0.25) is 0 Å². The zero-order chi connectivity index (χ0) is 14.7. The fraction of sp³-hybridized carbons (Fsp3) is 0.211. The monoisotopic (exact) mass is 264 g/mol. The highest BCUT2D eigenvalue weighted by atomic mass is 16.1. The number of allylic oxidation sites excluding steroid dienone is 1. The summed E-state index contributed by atoms with van der Waals surface area (Å²) in [4.78, 5) is 11.5. The van der Waals surface area contributed by atoms with E-state index in [1.807, 2.05) is 44.2 Å². The number of carbonyl (C=O) groups excluding carboxylic acids is 1. The minimum Gasteiger partial charge on any atom is -0.295 e. The van der Waals surface area contributed by atoms with Gasteiger partial charge in [0, 0.05) is 11.5 Å². The number of Topliss-reactive ketones (excluding diaryl/α,β-unsaturated/α-hetero) is 1. The molecule has 20 heavy (non-hydrogen) atoms. The zero-order valence-corrected chi connectivity index (χ0v) is 12.3. The number of hydrogen-bond donors (Lipinski definition) is 0. The molecule has 0 N–H and O–H groups in total. The molecule has 2 aromatic rings. The van der Waals surface area contributed by atoms with Crippen LogP contribution in [0, 0.1) is 0 Å². The van der Waals surface area contributed by atoms with Crippen molar-refractivity contribution in [3.8, 4) is 11.1 Å². The summed E-state index contributed by atoms with van der Waals surface area (Å²) in [6.45, 7) is 9.53. The predicted octanol–water partition coefficient (Wildman–Crippen LogP) is 5.21. The van der Waals surface area contributed by atoms with E-state index in [2.05, 4.69) is 24.8 Å². The van der Waals surface area contributed by atoms with Crippen LogP contribution in [0.3, 0.4) is 0 Å². The largest absolute Gasteiger partial charge is 0.295 e. The number of ketones is 1. The van der Waals surface area contributed by atoms with Crippen LogP contribution in [-0.2, 0) is 0 Å². The molecule has 0 spiro atoms. The molecular formula is C19H20O. The molecule has 0 fully saturated rings. The quantitative estimate of drug-likeness (QED) is 0.537. The molecule has 1 aliphatic rings. The normalized spacial score (nSPS) is 14.7. The van der Waals surface area contributed by atoms with Gasteiger partial charge < -0.3 is 0 Å². The number of carbonyl (C=O) groups is 1. The van der Waals surface area contributed by atoms with Crippen LogP contribution in [0.5, 0.6) is 0 Å². The van der Waals surface area contributed by atoms with Crippen LogP contribution in [0.1, 0.15) is 48.2 Å². The Morgan fingerprint density at radius 1 is 1.05 bits per heavy atom. The number of hydrogen-bond acceptors (Lipinski definition) is 1. The van der Waals surface area contributed by atoms with E-state index in [1.165, 1.54) is 22.3 Å². The Bertz CT molecular complexity index is 653. The summed E-state index contributed by atoms with van der Waals surface area (Å²) in [6.07, 6.45) is 1.95. The molecule has 0 amide bonds. The van der Waals surface area contributed by atoms with Crippen LogP contribution in [0.4, 0.5) is 0 Å². The highest BCUT2D eigenvalue weighted by molar-refractivity contribution is 5.95. The smallest absolute Gasteiger partial charge is 0.159 e. The van der Waals surface area contributed by atoms with Gasteiger partial charge in [0.1, 0.15) is 0 Å². The Balaban J connectivity index is 0.000000704. The van der Waals surface area contributed by atoms with Crippen LogP contribution in [0.15, 0.2) is 55.1 Å². The second-order valence-corrected chi connectivity index (χ2v) is 4.66. The van der Waals surface area contributed by atoms with Gasteiger partial charge in [-0.05, 0) is 35.2 Å². The summed E-state index contributed by atoms with van der Waals surface area (Å²) in [7, 11) is 0. The van der Waals surface area contributed by atoms with Crippen molar-refractivity contribution in [1.29, 1.82) is 0 Å². The molecule has 0 saturated heterocycles. The fourth-order valence-corrected chi connectivity index (χ4v) is 2.72. The second-order valence-electron chi connectivity index (χ2n) is 4.66. The lowest BCUT2D eigenvalue weighted by atomic mass is 9.95. The molecule has 1 aliphatic carbocycles. The van der Waals surface area contributed by atoms with Crippen LogP contribution in [0.2, 0.25) is 0 Å². The van der Waals surface area contributed by atoms with Crippen LogP contribution < -0.4 is 0 Å². The van der Waals surface area contributed by atoms with Gasteiger partial charge in [-0.25, -0.2) is 0 Å². The first-order chi connectivity index (χ1) is 9.72. The van der Waals surface area contributed by atoms with Crippen LogP contribution >= 0.6 is 0 Å². The number of rotatable bonds is 2. The number of benzene rings is 2. The first kappa shape index (κ1) is 14.3. The Labute approximate surface area is 121 Å². The Hall–Kier alpha value is -2.15. The summed E-state index contributed by atoms with van der Waals surface area (Å²) >= 11 is 0. The third-order valence-electron chi connectivity index (χ3n) is 3.61. The van der Waals surface area contributed by atoms with Crippen LogP contribution in [-0.4, -0.2) is 5.78 Å². The molecule has 1 nitrogen and oxygen atoms in total. The van der Waals surface area contributed by atoms with E-state index in [4.69, 9.17) is 0 Å². The van der Waals surface area contributed by atoms with Crippen molar-refractivity contribution in [2.24, 2.45) is 0 Å². The van der Waals surface area contributed by atoms with Crippen molar-refractivity contribution in [3.05, 3.63) is 71.8 Å². The molecule has 1 atom stereocenters. The van der Waals surface area contributed by atoms with Crippen molar-refractivity contribution in [3.63, 3.8) is 0 Å². The van der Waals surface area contributed by atoms with E-state index in [9.17, 15) is 4.79 Å². The average Bonchev–Trinajstić information content (AvgIpc) is 2.82. The summed E-state index contributed by atoms with van der Waals surface area (Å²) in [5, 5.41) is 0. The summed E-state index contributed by atoms with van der Waals surface area (Å²) in [6, 6.07) is 14.3. The third-order valence-corrected chi connectivity index (χ3v) is 3.61. The topological polar surface area (TPSA) is 17.1 Å². The molecular weight excluding hydrogens is 244 g/mol. The lowest BCUT2D eigenvalue weighted by molar-refractivity contribution is 0.101. The molecule has 0 aliphatic heterocycles. The maximum absolute atomic E-state index is 11.5. The molecule has 3 rings (SSSR count). The van der Waals surface area contributed by atoms with Gasteiger partial charge in [-0.1, -0.05) is 56.3 Å². The van der Waals surface area contributed by atoms with Crippen molar-refractivity contribution >= 4 is 5.78 Å². The average molecular weight is 264 g/mol. The van der Waals surface area contributed by atoms with Gasteiger partial charge in [-0.3, -0.25) is 4.79 Å². The third kappa shape index (κ3) is 2.20. The maximum Gasteiger partial charge on any atom is 0.159 e. The summed E-state index contributed by atoms with van der Waals surface area (Å²) in [5.74, 6) is 0.312. The van der Waals surface area contributed by atoms with Crippen molar-refractivity contribution in [2.75, 3.05) is 0 Å². The first-order valence-corrected chi connectivity index (χ1v) is 7.09. The van der Waals surface area contributed by atoms with Gasteiger partial charge >= 0.3 is 0 Å². The molecule has 0 bridgehead atoms.